The molecule has 6 heteroatoms. The summed E-state index contributed by atoms with van der Waals surface area (Å²) in [6.07, 6.45) is 0.847. The van der Waals surface area contributed by atoms with Crippen LogP contribution in [0.2, 0.25) is 0 Å². The molecule has 2 aromatic carbocycles. The maximum atomic E-state index is 12.8. The second-order valence-electron chi connectivity index (χ2n) is 5.68. The van der Waals surface area contributed by atoms with Crippen LogP contribution in [0.4, 0.5) is 4.39 Å². The topological polar surface area (TPSA) is 58.2 Å². The van der Waals surface area contributed by atoms with E-state index in [1.807, 2.05) is 31.2 Å². The number of rotatable bonds is 7. The minimum Gasteiger partial charge on any atom is -0.352 e. The van der Waals surface area contributed by atoms with Gasteiger partial charge in [-0.3, -0.25) is 9.59 Å². The predicted molar refractivity (Wildman–Crippen MR) is 98.7 cm³/mol. The monoisotopic (exact) mass is 406 g/mol. The molecule has 25 heavy (non-hydrogen) atoms. The summed E-state index contributed by atoms with van der Waals surface area (Å²) in [4.78, 5) is 23.9. The molecule has 0 aliphatic rings. The molecule has 0 aromatic heterocycles. The van der Waals surface area contributed by atoms with Gasteiger partial charge in [-0.15, -0.1) is 0 Å². The minimum absolute atomic E-state index is 0.0701. The van der Waals surface area contributed by atoms with Gasteiger partial charge < -0.3 is 10.6 Å². The fourth-order valence-corrected chi connectivity index (χ4v) is 3.00. The lowest BCUT2D eigenvalue weighted by Gasteiger charge is -2.16. The van der Waals surface area contributed by atoms with E-state index in [2.05, 4.69) is 26.6 Å². The van der Waals surface area contributed by atoms with Gasteiger partial charge in [-0.25, -0.2) is 4.39 Å². The van der Waals surface area contributed by atoms with Crippen LogP contribution in [0.3, 0.4) is 0 Å². The highest BCUT2D eigenvalue weighted by Crippen LogP contribution is 2.22. The van der Waals surface area contributed by atoms with Crippen molar-refractivity contribution in [2.75, 3.05) is 6.54 Å². The first-order chi connectivity index (χ1) is 12.0. The van der Waals surface area contributed by atoms with Crippen LogP contribution in [0.25, 0.3) is 0 Å². The number of nitrogens with one attached hydrogen (secondary N) is 2. The Kier molecular flexibility index (Phi) is 7.13. The van der Waals surface area contributed by atoms with Crippen LogP contribution in [-0.4, -0.2) is 18.4 Å². The largest absolute Gasteiger partial charge is 0.352 e. The standard InChI is InChI=1S/C19H20BrFN2O2/c1-13(16-5-2-3-6-17(16)20)23-18(24)7-4-12-22-19(25)14-8-10-15(21)11-9-14/h2-3,5-6,8-11,13H,4,7,12H2,1H3,(H,22,25)(H,23,24). The zero-order valence-electron chi connectivity index (χ0n) is 13.9. The second kappa shape index (κ2) is 9.32. The summed E-state index contributed by atoms with van der Waals surface area (Å²) in [5, 5.41) is 5.66. The maximum absolute atomic E-state index is 12.8. The lowest BCUT2D eigenvalue weighted by Crippen LogP contribution is -2.29. The first-order valence-electron chi connectivity index (χ1n) is 8.05. The summed E-state index contributed by atoms with van der Waals surface area (Å²) in [5.41, 5.74) is 1.41. The lowest BCUT2D eigenvalue weighted by molar-refractivity contribution is -0.121. The minimum atomic E-state index is -0.382. The van der Waals surface area contributed by atoms with Gasteiger partial charge in [0.05, 0.1) is 6.04 Å². The van der Waals surface area contributed by atoms with E-state index in [1.165, 1.54) is 24.3 Å². The Morgan fingerprint density at radius 2 is 1.80 bits per heavy atom. The number of hydrogen-bond acceptors (Lipinski definition) is 2. The molecule has 0 heterocycles. The average molecular weight is 407 g/mol. The SMILES string of the molecule is CC(NC(=O)CCCNC(=O)c1ccc(F)cc1)c1ccccc1Br. The quantitative estimate of drug-likeness (QED) is 0.683. The highest BCUT2D eigenvalue weighted by Gasteiger charge is 2.12. The number of carbonyl (C=O) groups excluding carboxylic acids is 2. The molecular formula is C19H20BrFN2O2. The van der Waals surface area contributed by atoms with E-state index in [1.54, 1.807) is 0 Å². The third-order valence-corrected chi connectivity index (χ3v) is 4.44. The molecule has 132 valence electrons. The van der Waals surface area contributed by atoms with Crippen molar-refractivity contribution in [2.45, 2.75) is 25.8 Å². The van der Waals surface area contributed by atoms with Gasteiger partial charge in [0.1, 0.15) is 5.82 Å². The molecule has 4 nitrogen and oxygen atoms in total. The summed E-state index contributed by atoms with van der Waals surface area (Å²) in [7, 11) is 0. The summed E-state index contributed by atoms with van der Waals surface area (Å²) >= 11 is 3.47. The van der Waals surface area contributed by atoms with Crippen molar-refractivity contribution in [1.29, 1.82) is 0 Å². The number of hydrogen-bond donors (Lipinski definition) is 2. The molecule has 2 amide bonds. The van der Waals surface area contributed by atoms with Crippen LogP contribution in [0.5, 0.6) is 0 Å². The van der Waals surface area contributed by atoms with Crippen molar-refractivity contribution in [1.82, 2.24) is 10.6 Å². The zero-order valence-corrected chi connectivity index (χ0v) is 15.5. The summed E-state index contributed by atoms with van der Waals surface area (Å²) < 4.78 is 13.8. The van der Waals surface area contributed by atoms with Crippen molar-refractivity contribution in [3.05, 3.63) is 69.9 Å². The van der Waals surface area contributed by atoms with E-state index in [0.717, 1.165) is 10.0 Å². The van der Waals surface area contributed by atoms with Crippen LogP contribution < -0.4 is 10.6 Å². The van der Waals surface area contributed by atoms with Crippen molar-refractivity contribution in [2.24, 2.45) is 0 Å². The van der Waals surface area contributed by atoms with Gasteiger partial charge in [-0.05, 0) is 49.2 Å². The highest BCUT2D eigenvalue weighted by atomic mass is 79.9. The van der Waals surface area contributed by atoms with Crippen molar-refractivity contribution in [3.63, 3.8) is 0 Å². The molecule has 0 fully saturated rings. The Hall–Kier alpha value is -2.21. The van der Waals surface area contributed by atoms with E-state index in [-0.39, 0.29) is 23.7 Å². The van der Waals surface area contributed by atoms with E-state index >= 15 is 0 Å². The summed E-state index contributed by atoms with van der Waals surface area (Å²) in [6.45, 7) is 2.31. The summed E-state index contributed by atoms with van der Waals surface area (Å²) in [5.74, 6) is -0.728. The van der Waals surface area contributed by atoms with Crippen molar-refractivity contribution >= 4 is 27.7 Å². The fourth-order valence-electron chi connectivity index (χ4n) is 2.37. The molecule has 2 rings (SSSR count). The van der Waals surface area contributed by atoms with Crippen LogP contribution in [0.15, 0.2) is 53.0 Å². The van der Waals surface area contributed by atoms with Gasteiger partial charge in [0, 0.05) is 23.0 Å². The molecule has 1 atom stereocenters. The molecule has 0 saturated carbocycles. The normalized spacial score (nSPS) is 11.6. The van der Waals surface area contributed by atoms with Gasteiger partial charge in [0.2, 0.25) is 5.91 Å². The second-order valence-corrected chi connectivity index (χ2v) is 6.53. The third-order valence-electron chi connectivity index (χ3n) is 3.72. The highest BCUT2D eigenvalue weighted by molar-refractivity contribution is 9.10. The van der Waals surface area contributed by atoms with Crippen molar-refractivity contribution < 1.29 is 14.0 Å². The van der Waals surface area contributed by atoms with Crippen LogP contribution >= 0.6 is 15.9 Å². The smallest absolute Gasteiger partial charge is 0.251 e. The first kappa shape index (κ1) is 19.1. The average Bonchev–Trinajstić information content (AvgIpc) is 2.59. The van der Waals surface area contributed by atoms with Gasteiger partial charge in [0.25, 0.3) is 5.91 Å². The Bertz CT molecular complexity index is 734. The van der Waals surface area contributed by atoms with Gasteiger partial charge >= 0.3 is 0 Å². The van der Waals surface area contributed by atoms with E-state index in [9.17, 15) is 14.0 Å². The van der Waals surface area contributed by atoms with Gasteiger partial charge in [0.15, 0.2) is 0 Å². The predicted octanol–water partition coefficient (Wildman–Crippen LogP) is 3.98. The summed E-state index contributed by atoms with van der Waals surface area (Å²) in [6, 6.07) is 13.0. The molecule has 1 unspecified atom stereocenters. The zero-order chi connectivity index (χ0) is 18.2. The molecule has 2 N–H and O–H groups in total. The maximum Gasteiger partial charge on any atom is 0.251 e. The molecular weight excluding hydrogens is 387 g/mol. The molecule has 0 aliphatic carbocycles. The van der Waals surface area contributed by atoms with E-state index in [0.29, 0.717) is 24.9 Å². The van der Waals surface area contributed by atoms with E-state index in [4.69, 9.17) is 0 Å². The Morgan fingerprint density at radius 1 is 1.12 bits per heavy atom. The molecule has 0 radical (unpaired) electrons. The van der Waals surface area contributed by atoms with Crippen LogP contribution in [-0.2, 0) is 4.79 Å². The molecule has 0 spiro atoms. The number of amides is 2. The molecule has 2 aromatic rings. The molecule has 0 aliphatic heterocycles. The molecule has 0 saturated heterocycles. The van der Waals surface area contributed by atoms with Crippen LogP contribution in [0.1, 0.15) is 41.7 Å². The van der Waals surface area contributed by atoms with Gasteiger partial charge in [-0.1, -0.05) is 34.1 Å². The Balaban J connectivity index is 1.71. The molecule has 0 bridgehead atoms. The van der Waals surface area contributed by atoms with Crippen molar-refractivity contribution in [3.8, 4) is 0 Å². The Labute approximate surface area is 154 Å². The number of benzene rings is 2. The third kappa shape index (κ3) is 5.98. The first-order valence-corrected chi connectivity index (χ1v) is 8.84. The van der Waals surface area contributed by atoms with Gasteiger partial charge in [-0.2, -0.15) is 0 Å². The lowest BCUT2D eigenvalue weighted by atomic mass is 10.1. The fraction of sp³-hybridized carbons (Fsp3) is 0.263. The Morgan fingerprint density at radius 3 is 2.48 bits per heavy atom. The number of carbonyl (C=O) groups is 2. The van der Waals surface area contributed by atoms with E-state index < -0.39 is 0 Å². The van der Waals surface area contributed by atoms with Crippen LogP contribution in [0, 0.1) is 5.82 Å². The number of halogens is 2.